The molecule has 0 aromatic heterocycles. The molecule has 0 bridgehead atoms. The highest BCUT2D eigenvalue weighted by Crippen LogP contribution is 2.26. The smallest absolute Gasteiger partial charge is 0.264 e. The average Bonchev–Trinajstić information content (AvgIpc) is 3.49. The topological polar surface area (TPSA) is 96.0 Å². The number of carbonyl (C=O) groups is 2. The molecule has 0 unspecified atom stereocenters. The fraction of sp³-hybridized carbons (Fsp3) is 0.375. The van der Waals surface area contributed by atoms with Crippen LogP contribution in [0.2, 0.25) is 0 Å². The SMILES string of the molecule is CCOc1ccc(S(=O)(=O)N(CC(=O)N(Cc2ccc(C)cc2)[C@H](C)C(=O)NC2CCCC2)c2ccc(F)cc2)cc1. The van der Waals surface area contributed by atoms with Crippen molar-refractivity contribution in [1.29, 1.82) is 0 Å². The van der Waals surface area contributed by atoms with Gasteiger partial charge in [0, 0.05) is 12.6 Å². The Kier molecular flexibility index (Phi) is 10.2. The van der Waals surface area contributed by atoms with Gasteiger partial charge in [-0.2, -0.15) is 0 Å². The van der Waals surface area contributed by atoms with E-state index in [0.29, 0.717) is 12.4 Å². The first-order valence-electron chi connectivity index (χ1n) is 14.2. The second-order valence-electron chi connectivity index (χ2n) is 10.6. The first kappa shape index (κ1) is 31.0. The molecule has 0 spiro atoms. The number of hydrogen-bond donors (Lipinski definition) is 1. The van der Waals surface area contributed by atoms with E-state index in [4.69, 9.17) is 4.74 Å². The van der Waals surface area contributed by atoms with Crippen molar-refractivity contribution < 1.29 is 27.1 Å². The van der Waals surface area contributed by atoms with Crippen LogP contribution >= 0.6 is 0 Å². The molecule has 1 aliphatic rings. The lowest BCUT2D eigenvalue weighted by Crippen LogP contribution is -2.52. The number of anilines is 1. The van der Waals surface area contributed by atoms with Gasteiger partial charge in [0.25, 0.3) is 10.0 Å². The third kappa shape index (κ3) is 7.67. The number of nitrogens with zero attached hydrogens (tertiary/aromatic N) is 2. The van der Waals surface area contributed by atoms with Gasteiger partial charge in [0.1, 0.15) is 24.2 Å². The molecule has 4 rings (SSSR count). The summed E-state index contributed by atoms with van der Waals surface area (Å²) in [6.45, 7) is 5.37. The summed E-state index contributed by atoms with van der Waals surface area (Å²) in [5.41, 5.74) is 1.97. The fourth-order valence-electron chi connectivity index (χ4n) is 5.00. The summed E-state index contributed by atoms with van der Waals surface area (Å²) in [6, 6.07) is 17.6. The molecule has 0 aliphatic heterocycles. The average molecular weight is 596 g/mol. The highest BCUT2D eigenvalue weighted by molar-refractivity contribution is 7.92. The Morgan fingerprint density at radius 3 is 2.19 bits per heavy atom. The van der Waals surface area contributed by atoms with Crippen molar-refractivity contribution in [1.82, 2.24) is 10.2 Å². The quantitative estimate of drug-likeness (QED) is 0.310. The number of amides is 2. The zero-order valence-corrected chi connectivity index (χ0v) is 25.1. The molecule has 2 amide bonds. The van der Waals surface area contributed by atoms with Gasteiger partial charge in [-0.05, 0) is 87.7 Å². The maximum Gasteiger partial charge on any atom is 0.264 e. The van der Waals surface area contributed by atoms with Crippen LogP contribution in [0.4, 0.5) is 10.1 Å². The number of ether oxygens (including phenoxy) is 1. The fourth-order valence-corrected chi connectivity index (χ4v) is 6.42. The van der Waals surface area contributed by atoms with Crippen LogP contribution in [0.1, 0.15) is 50.7 Å². The second kappa shape index (κ2) is 13.8. The summed E-state index contributed by atoms with van der Waals surface area (Å²) in [7, 11) is -4.26. The van der Waals surface area contributed by atoms with E-state index in [1.807, 2.05) is 38.1 Å². The molecule has 0 saturated heterocycles. The molecule has 0 heterocycles. The van der Waals surface area contributed by atoms with E-state index in [-0.39, 0.29) is 29.1 Å². The lowest BCUT2D eigenvalue weighted by atomic mass is 10.1. The Hall–Kier alpha value is -3.92. The van der Waals surface area contributed by atoms with Crippen LogP contribution in [0.3, 0.4) is 0 Å². The van der Waals surface area contributed by atoms with E-state index in [1.54, 1.807) is 19.1 Å². The van der Waals surface area contributed by atoms with Gasteiger partial charge in [0.05, 0.1) is 17.2 Å². The lowest BCUT2D eigenvalue weighted by molar-refractivity contribution is -0.139. The Balaban J connectivity index is 1.67. The molecule has 10 heteroatoms. The van der Waals surface area contributed by atoms with Crippen molar-refractivity contribution in [3.63, 3.8) is 0 Å². The van der Waals surface area contributed by atoms with Crippen molar-refractivity contribution in [2.24, 2.45) is 0 Å². The van der Waals surface area contributed by atoms with E-state index in [2.05, 4.69) is 5.32 Å². The van der Waals surface area contributed by atoms with Crippen LogP contribution < -0.4 is 14.4 Å². The van der Waals surface area contributed by atoms with Gasteiger partial charge in [0.15, 0.2) is 0 Å². The van der Waals surface area contributed by atoms with E-state index >= 15 is 0 Å². The summed E-state index contributed by atoms with van der Waals surface area (Å²) < 4.78 is 48.0. The molecule has 1 saturated carbocycles. The van der Waals surface area contributed by atoms with Gasteiger partial charge in [-0.3, -0.25) is 13.9 Å². The summed E-state index contributed by atoms with van der Waals surface area (Å²) in [4.78, 5) is 28.7. The normalized spacial score (nSPS) is 14.3. The number of halogens is 1. The van der Waals surface area contributed by atoms with Crippen molar-refractivity contribution in [2.75, 3.05) is 17.5 Å². The first-order chi connectivity index (χ1) is 20.1. The number of hydrogen-bond acceptors (Lipinski definition) is 5. The maximum absolute atomic E-state index is 14.0. The Bertz CT molecular complexity index is 1460. The standard InChI is InChI=1S/C32H38FN3O5S/c1-4-41-29-17-19-30(20-18-29)42(39,40)36(28-15-13-26(33)14-16-28)22-31(37)35(21-25-11-9-23(2)10-12-25)24(3)32(38)34-27-7-5-6-8-27/h9-20,24,27H,4-8,21-22H2,1-3H3,(H,34,38)/t24-/m1/s1. The summed E-state index contributed by atoms with van der Waals surface area (Å²) in [6.07, 6.45) is 3.87. The largest absolute Gasteiger partial charge is 0.494 e. The molecule has 0 radical (unpaired) electrons. The molecule has 8 nitrogen and oxygen atoms in total. The minimum Gasteiger partial charge on any atom is -0.494 e. The van der Waals surface area contributed by atoms with E-state index in [9.17, 15) is 22.4 Å². The van der Waals surface area contributed by atoms with E-state index in [0.717, 1.165) is 53.2 Å². The Labute approximate surface area is 247 Å². The van der Waals surface area contributed by atoms with Crippen LogP contribution in [0, 0.1) is 12.7 Å². The molecule has 224 valence electrons. The van der Waals surface area contributed by atoms with Gasteiger partial charge in [-0.15, -0.1) is 0 Å². The molecule has 1 fully saturated rings. The van der Waals surface area contributed by atoms with Gasteiger partial charge < -0.3 is 15.0 Å². The second-order valence-corrected chi connectivity index (χ2v) is 12.4. The van der Waals surface area contributed by atoms with Crippen molar-refractivity contribution in [3.8, 4) is 5.75 Å². The van der Waals surface area contributed by atoms with Gasteiger partial charge >= 0.3 is 0 Å². The summed E-state index contributed by atoms with van der Waals surface area (Å²) in [5, 5.41) is 3.05. The van der Waals surface area contributed by atoms with Gasteiger partial charge in [-0.25, -0.2) is 12.8 Å². The highest BCUT2D eigenvalue weighted by atomic mass is 32.2. The molecule has 1 atom stereocenters. The van der Waals surface area contributed by atoms with Crippen molar-refractivity contribution in [2.45, 2.75) is 70.0 Å². The van der Waals surface area contributed by atoms with Crippen LogP contribution in [-0.2, 0) is 26.2 Å². The number of rotatable bonds is 12. The number of aryl methyl sites for hydroxylation is 1. The minimum absolute atomic E-state index is 0.0554. The van der Waals surface area contributed by atoms with Crippen LogP contribution in [-0.4, -0.2) is 50.4 Å². The van der Waals surface area contributed by atoms with Crippen molar-refractivity contribution in [3.05, 3.63) is 89.7 Å². The summed E-state index contributed by atoms with van der Waals surface area (Å²) in [5.74, 6) is -0.887. The number of sulfonamides is 1. The molecular weight excluding hydrogens is 557 g/mol. The predicted octanol–water partition coefficient (Wildman–Crippen LogP) is 5.20. The molecule has 3 aromatic carbocycles. The Morgan fingerprint density at radius 2 is 1.60 bits per heavy atom. The van der Waals surface area contributed by atoms with Crippen LogP contribution in [0.15, 0.2) is 77.7 Å². The monoisotopic (exact) mass is 595 g/mol. The molecule has 42 heavy (non-hydrogen) atoms. The zero-order valence-electron chi connectivity index (χ0n) is 24.3. The summed E-state index contributed by atoms with van der Waals surface area (Å²) >= 11 is 0. The number of carbonyl (C=O) groups excluding carboxylic acids is 2. The maximum atomic E-state index is 14.0. The predicted molar refractivity (Wildman–Crippen MR) is 160 cm³/mol. The lowest BCUT2D eigenvalue weighted by Gasteiger charge is -2.32. The molecule has 1 N–H and O–H groups in total. The Morgan fingerprint density at radius 1 is 0.976 bits per heavy atom. The van der Waals surface area contributed by atoms with E-state index < -0.39 is 34.3 Å². The minimum atomic E-state index is -4.26. The molecule has 1 aliphatic carbocycles. The number of nitrogens with one attached hydrogen (secondary N) is 1. The molecule has 3 aromatic rings. The zero-order chi connectivity index (χ0) is 30.3. The number of benzene rings is 3. The van der Waals surface area contributed by atoms with E-state index in [1.165, 1.54) is 29.2 Å². The van der Waals surface area contributed by atoms with Gasteiger partial charge in [0.2, 0.25) is 11.8 Å². The highest BCUT2D eigenvalue weighted by Gasteiger charge is 2.33. The van der Waals surface area contributed by atoms with Gasteiger partial charge in [-0.1, -0.05) is 42.7 Å². The first-order valence-corrected chi connectivity index (χ1v) is 15.7. The van der Waals surface area contributed by atoms with Crippen molar-refractivity contribution >= 4 is 27.5 Å². The van der Waals surface area contributed by atoms with Crippen LogP contribution in [0.5, 0.6) is 5.75 Å². The van der Waals surface area contributed by atoms with Crippen LogP contribution in [0.25, 0.3) is 0 Å². The molecular formula is C32H38FN3O5S. The third-order valence-corrected chi connectivity index (χ3v) is 9.25. The third-order valence-electron chi connectivity index (χ3n) is 7.46.